The fourth-order valence-electron chi connectivity index (χ4n) is 3.38. The average Bonchev–Trinajstić information content (AvgIpc) is 2.41. The molecule has 0 amide bonds. The second-order valence-electron chi connectivity index (χ2n) is 5.54. The Labute approximate surface area is 86.6 Å². The lowest BCUT2D eigenvalue weighted by atomic mass is 9.70. The van der Waals surface area contributed by atoms with Gasteiger partial charge in [-0.15, -0.1) is 0 Å². The number of hydrogen-bond donors (Lipinski definition) is 0. The van der Waals surface area contributed by atoms with Gasteiger partial charge in [-0.2, -0.15) is 0 Å². The quantitative estimate of drug-likeness (QED) is 0.582. The van der Waals surface area contributed by atoms with Gasteiger partial charge in [0.15, 0.2) is 5.78 Å². The summed E-state index contributed by atoms with van der Waals surface area (Å²) in [4.78, 5) is 12.2. The molecule has 0 radical (unpaired) electrons. The van der Waals surface area contributed by atoms with Gasteiger partial charge in [-0.1, -0.05) is 33.8 Å². The van der Waals surface area contributed by atoms with Gasteiger partial charge in [-0.25, -0.2) is 0 Å². The van der Waals surface area contributed by atoms with E-state index in [4.69, 9.17) is 0 Å². The minimum absolute atomic E-state index is 0.0708. The van der Waals surface area contributed by atoms with Crippen molar-refractivity contribution < 1.29 is 4.79 Å². The molecule has 1 nitrogen and oxygen atoms in total. The summed E-state index contributed by atoms with van der Waals surface area (Å²) in [7, 11) is 0. The van der Waals surface area contributed by atoms with Crippen molar-refractivity contribution in [2.24, 2.45) is 16.7 Å². The lowest BCUT2D eigenvalue weighted by molar-refractivity contribution is -0.125. The fourth-order valence-corrected chi connectivity index (χ4v) is 3.38. The van der Waals surface area contributed by atoms with Crippen LogP contribution in [0.1, 0.15) is 47.0 Å². The van der Waals surface area contributed by atoms with Gasteiger partial charge in [0.05, 0.1) is 0 Å². The first-order valence-corrected chi connectivity index (χ1v) is 5.70. The first-order chi connectivity index (χ1) is 6.45. The molecule has 14 heavy (non-hydrogen) atoms. The molecule has 0 saturated heterocycles. The standard InChI is InChI=1S/C13H20O/c1-5-6-9-10-7-8-13(4,11(9)14)12(10,2)3/h6,10H,5,7-8H2,1-4H3/b9-6-/t10-,13-/m1/s1. The molecule has 0 heterocycles. The van der Waals surface area contributed by atoms with Gasteiger partial charge in [0.1, 0.15) is 0 Å². The Morgan fingerprint density at radius 3 is 2.50 bits per heavy atom. The number of carbonyl (C=O) groups is 1. The molecular weight excluding hydrogens is 172 g/mol. The number of fused-ring (bicyclic) bond motifs is 2. The minimum atomic E-state index is -0.0708. The van der Waals surface area contributed by atoms with Crippen molar-refractivity contribution in [1.82, 2.24) is 0 Å². The van der Waals surface area contributed by atoms with Crippen LogP contribution in [0.4, 0.5) is 0 Å². The molecule has 2 saturated carbocycles. The van der Waals surface area contributed by atoms with Gasteiger partial charge >= 0.3 is 0 Å². The summed E-state index contributed by atoms with van der Waals surface area (Å²) in [5.74, 6) is 0.959. The summed E-state index contributed by atoms with van der Waals surface area (Å²) in [6.07, 6.45) is 5.44. The van der Waals surface area contributed by atoms with Crippen LogP contribution in [0.5, 0.6) is 0 Å². The smallest absolute Gasteiger partial charge is 0.165 e. The number of rotatable bonds is 1. The minimum Gasteiger partial charge on any atom is -0.294 e. The van der Waals surface area contributed by atoms with E-state index < -0.39 is 0 Å². The molecule has 78 valence electrons. The Kier molecular flexibility index (Phi) is 1.93. The monoisotopic (exact) mass is 192 g/mol. The van der Waals surface area contributed by atoms with Crippen LogP contribution in [0.2, 0.25) is 0 Å². The highest BCUT2D eigenvalue weighted by atomic mass is 16.1. The Hall–Kier alpha value is -0.590. The topological polar surface area (TPSA) is 17.1 Å². The third-order valence-corrected chi connectivity index (χ3v) is 4.79. The molecule has 1 heteroatoms. The van der Waals surface area contributed by atoms with E-state index in [1.807, 2.05) is 0 Å². The first kappa shape index (κ1) is 9.95. The summed E-state index contributed by atoms with van der Waals surface area (Å²) < 4.78 is 0. The molecule has 0 aromatic carbocycles. The number of hydrogen-bond acceptors (Lipinski definition) is 1. The average molecular weight is 192 g/mol. The molecule has 2 bridgehead atoms. The molecule has 0 aromatic heterocycles. The Balaban J connectivity index is 2.49. The Morgan fingerprint density at radius 1 is 1.43 bits per heavy atom. The lowest BCUT2D eigenvalue weighted by Gasteiger charge is -2.31. The van der Waals surface area contributed by atoms with Crippen LogP contribution >= 0.6 is 0 Å². The third-order valence-electron chi connectivity index (χ3n) is 4.79. The van der Waals surface area contributed by atoms with Crippen LogP contribution in [0.25, 0.3) is 0 Å². The molecule has 0 spiro atoms. The van der Waals surface area contributed by atoms with E-state index in [0.717, 1.165) is 18.4 Å². The largest absolute Gasteiger partial charge is 0.294 e. The highest BCUT2D eigenvalue weighted by Gasteiger charge is 2.63. The SMILES string of the molecule is CC/C=C1\C(=O)[C@@]2(C)CC[C@H]1C2(C)C. The predicted molar refractivity (Wildman–Crippen MR) is 58.0 cm³/mol. The maximum absolute atomic E-state index is 12.2. The van der Waals surface area contributed by atoms with Gasteiger partial charge in [0, 0.05) is 5.41 Å². The van der Waals surface area contributed by atoms with Crippen molar-refractivity contribution >= 4 is 5.78 Å². The molecule has 2 rings (SSSR count). The van der Waals surface area contributed by atoms with Crippen LogP contribution in [0.15, 0.2) is 11.6 Å². The molecule has 0 unspecified atom stereocenters. The van der Waals surface area contributed by atoms with Crippen LogP contribution in [-0.4, -0.2) is 5.78 Å². The first-order valence-electron chi connectivity index (χ1n) is 5.70. The van der Waals surface area contributed by atoms with E-state index in [1.165, 1.54) is 6.42 Å². The molecule has 0 aliphatic heterocycles. The number of Topliss-reactive ketones (excluding diaryl/α,β-unsaturated/α-hetero) is 1. The molecule has 2 aliphatic carbocycles. The number of allylic oxidation sites excluding steroid dienone is 2. The fraction of sp³-hybridized carbons (Fsp3) is 0.769. The van der Waals surface area contributed by atoms with E-state index in [0.29, 0.717) is 11.7 Å². The van der Waals surface area contributed by atoms with Gasteiger partial charge in [-0.3, -0.25) is 4.79 Å². The van der Waals surface area contributed by atoms with Crippen LogP contribution < -0.4 is 0 Å². The van der Waals surface area contributed by atoms with Crippen molar-refractivity contribution in [1.29, 1.82) is 0 Å². The highest BCUT2D eigenvalue weighted by Crippen LogP contribution is 2.65. The lowest BCUT2D eigenvalue weighted by Crippen LogP contribution is -2.32. The maximum Gasteiger partial charge on any atom is 0.165 e. The summed E-state index contributed by atoms with van der Waals surface area (Å²) in [5, 5.41) is 0. The van der Waals surface area contributed by atoms with Crippen molar-refractivity contribution in [3.8, 4) is 0 Å². The summed E-state index contributed by atoms with van der Waals surface area (Å²) >= 11 is 0. The van der Waals surface area contributed by atoms with E-state index in [1.54, 1.807) is 0 Å². The molecule has 2 atom stereocenters. The molecular formula is C13H20O. The third kappa shape index (κ3) is 0.884. The number of carbonyl (C=O) groups excluding carboxylic acids is 1. The van der Waals surface area contributed by atoms with E-state index in [-0.39, 0.29) is 10.8 Å². The summed E-state index contributed by atoms with van der Waals surface area (Å²) in [5.41, 5.74) is 1.25. The zero-order valence-electron chi connectivity index (χ0n) is 9.68. The summed E-state index contributed by atoms with van der Waals surface area (Å²) in [6.45, 7) is 8.80. The van der Waals surface area contributed by atoms with E-state index in [2.05, 4.69) is 33.8 Å². The predicted octanol–water partition coefficient (Wildman–Crippen LogP) is 3.35. The summed E-state index contributed by atoms with van der Waals surface area (Å²) in [6, 6.07) is 0. The van der Waals surface area contributed by atoms with Gasteiger partial charge in [0.25, 0.3) is 0 Å². The van der Waals surface area contributed by atoms with Crippen molar-refractivity contribution in [3.05, 3.63) is 11.6 Å². The van der Waals surface area contributed by atoms with Crippen LogP contribution in [-0.2, 0) is 4.79 Å². The zero-order chi connectivity index (χ0) is 10.6. The van der Waals surface area contributed by atoms with Crippen LogP contribution in [0.3, 0.4) is 0 Å². The maximum atomic E-state index is 12.2. The van der Waals surface area contributed by atoms with Crippen LogP contribution in [0, 0.1) is 16.7 Å². The van der Waals surface area contributed by atoms with E-state index in [9.17, 15) is 4.79 Å². The molecule has 2 aliphatic rings. The van der Waals surface area contributed by atoms with Gasteiger partial charge < -0.3 is 0 Å². The van der Waals surface area contributed by atoms with Crippen molar-refractivity contribution in [3.63, 3.8) is 0 Å². The molecule has 0 N–H and O–H groups in total. The van der Waals surface area contributed by atoms with Crippen molar-refractivity contribution in [2.45, 2.75) is 47.0 Å². The Morgan fingerprint density at radius 2 is 2.07 bits per heavy atom. The van der Waals surface area contributed by atoms with Gasteiger partial charge in [0.2, 0.25) is 0 Å². The Bertz CT molecular complexity index is 311. The normalized spacial score (nSPS) is 42.4. The van der Waals surface area contributed by atoms with E-state index >= 15 is 0 Å². The van der Waals surface area contributed by atoms with Gasteiger partial charge in [-0.05, 0) is 36.2 Å². The zero-order valence-corrected chi connectivity index (χ0v) is 9.68. The highest BCUT2D eigenvalue weighted by molar-refractivity contribution is 6.04. The van der Waals surface area contributed by atoms with Crippen molar-refractivity contribution in [2.75, 3.05) is 0 Å². The second-order valence-corrected chi connectivity index (χ2v) is 5.54. The molecule has 0 aromatic rings. The molecule has 2 fully saturated rings. The number of ketones is 1. The second kappa shape index (κ2) is 2.71.